The largest absolute Gasteiger partial charge is 0.376 e. The Morgan fingerprint density at radius 1 is 1.52 bits per heavy atom. The molecule has 1 heterocycles. The van der Waals surface area contributed by atoms with Gasteiger partial charge in [-0.2, -0.15) is 0 Å². The van der Waals surface area contributed by atoms with E-state index in [2.05, 4.69) is 30.4 Å². The van der Waals surface area contributed by atoms with Crippen molar-refractivity contribution in [3.05, 3.63) is 35.4 Å². The second-order valence-electron chi connectivity index (χ2n) is 5.79. The molecule has 2 unspecified atom stereocenters. The van der Waals surface area contributed by atoms with Crippen molar-refractivity contribution in [1.82, 2.24) is 10.2 Å². The molecule has 0 spiro atoms. The number of amides is 2. The van der Waals surface area contributed by atoms with Gasteiger partial charge in [0.2, 0.25) is 0 Å². The van der Waals surface area contributed by atoms with Crippen LogP contribution < -0.4 is 5.32 Å². The molecule has 1 fully saturated rings. The second-order valence-corrected chi connectivity index (χ2v) is 5.79. The third-order valence-corrected chi connectivity index (χ3v) is 4.00. The number of rotatable bonds is 5. The molecule has 1 saturated heterocycles. The smallest absolute Gasteiger partial charge is 0.317 e. The summed E-state index contributed by atoms with van der Waals surface area (Å²) in [6.45, 7) is 8.24. The van der Waals surface area contributed by atoms with Crippen LogP contribution in [0.5, 0.6) is 0 Å². The third-order valence-electron chi connectivity index (χ3n) is 4.00. The van der Waals surface area contributed by atoms with E-state index in [0.717, 1.165) is 25.0 Å². The topological polar surface area (TPSA) is 41.6 Å². The zero-order valence-corrected chi connectivity index (χ0v) is 13.3. The van der Waals surface area contributed by atoms with Crippen LogP contribution >= 0.6 is 0 Å². The van der Waals surface area contributed by atoms with E-state index in [1.165, 1.54) is 5.56 Å². The van der Waals surface area contributed by atoms with Crippen LogP contribution in [0.3, 0.4) is 0 Å². The zero-order chi connectivity index (χ0) is 15.2. The summed E-state index contributed by atoms with van der Waals surface area (Å²) < 4.78 is 5.63. The molecule has 1 aromatic carbocycles. The minimum absolute atomic E-state index is 0.0120. The predicted octanol–water partition coefficient (Wildman–Crippen LogP) is 3.09. The summed E-state index contributed by atoms with van der Waals surface area (Å²) in [5, 5.41) is 3.07. The Hall–Kier alpha value is -1.55. The molecule has 4 heteroatoms. The lowest BCUT2D eigenvalue weighted by Gasteiger charge is -2.26. The fourth-order valence-corrected chi connectivity index (χ4v) is 2.73. The highest BCUT2D eigenvalue weighted by Crippen LogP contribution is 2.16. The molecule has 116 valence electrons. The molecule has 0 saturated carbocycles. The lowest BCUT2D eigenvalue weighted by Crippen LogP contribution is -2.47. The van der Waals surface area contributed by atoms with Gasteiger partial charge in [-0.15, -0.1) is 0 Å². The second kappa shape index (κ2) is 7.46. The fraction of sp³-hybridized carbons (Fsp3) is 0.588. The first-order valence-corrected chi connectivity index (χ1v) is 7.82. The van der Waals surface area contributed by atoms with Crippen LogP contribution in [0.25, 0.3) is 0 Å². The third kappa shape index (κ3) is 4.46. The maximum Gasteiger partial charge on any atom is 0.317 e. The SMILES string of the molecule is CCN(Cc1cccc(C)c1)C(=O)NC(C)C1CCCO1. The van der Waals surface area contributed by atoms with Crippen molar-refractivity contribution in [2.24, 2.45) is 0 Å². The van der Waals surface area contributed by atoms with Gasteiger partial charge >= 0.3 is 6.03 Å². The van der Waals surface area contributed by atoms with Crippen LogP contribution in [0.4, 0.5) is 4.79 Å². The average molecular weight is 290 g/mol. The van der Waals surface area contributed by atoms with Crippen LogP contribution in [-0.4, -0.2) is 36.2 Å². The molecule has 2 amide bonds. The molecule has 0 aromatic heterocycles. The highest BCUT2D eigenvalue weighted by molar-refractivity contribution is 5.74. The first-order valence-electron chi connectivity index (χ1n) is 7.82. The van der Waals surface area contributed by atoms with Gasteiger partial charge in [0.1, 0.15) is 0 Å². The molecule has 1 aliphatic rings. The van der Waals surface area contributed by atoms with Crippen LogP contribution in [0.2, 0.25) is 0 Å². The lowest BCUT2D eigenvalue weighted by molar-refractivity contribution is 0.0832. The van der Waals surface area contributed by atoms with E-state index in [4.69, 9.17) is 4.74 Å². The lowest BCUT2D eigenvalue weighted by atomic mass is 10.1. The van der Waals surface area contributed by atoms with Crippen LogP contribution in [0.1, 0.15) is 37.8 Å². The highest BCUT2D eigenvalue weighted by atomic mass is 16.5. The van der Waals surface area contributed by atoms with Crippen LogP contribution in [0, 0.1) is 6.92 Å². The average Bonchev–Trinajstić information content (AvgIpc) is 2.99. The van der Waals surface area contributed by atoms with Crippen LogP contribution in [0.15, 0.2) is 24.3 Å². The van der Waals surface area contributed by atoms with Crippen molar-refractivity contribution in [1.29, 1.82) is 0 Å². The normalized spacial score (nSPS) is 19.3. The number of carbonyl (C=O) groups excluding carboxylic acids is 1. The van der Waals surface area contributed by atoms with Gasteiger partial charge in [0.25, 0.3) is 0 Å². The number of benzene rings is 1. The molecule has 1 N–H and O–H groups in total. The number of urea groups is 1. The number of aryl methyl sites for hydroxylation is 1. The van der Waals surface area contributed by atoms with E-state index in [0.29, 0.717) is 13.1 Å². The number of ether oxygens (including phenoxy) is 1. The van der Waals surface area contributed by atoms with Crippen molar-refractivity contribution < 1.29 is 9.53 Å². The molecule has 2 atom stereocenters. The maximum absolute atomic E-state index is 12.4. The molecular formula is C17H26N2O2. The molecular weight excluding hydrogens is 264 g/mol. The van der Waals surface area contributed by atoms with E-state index < -0.39 is 0 Å². The summed E-state index contributed by atoms with van der Waals surface area (Å²) in [6, 6.07) is 8.34. The van der Waals surface area contributed by atoms with E-state index in [1.54, 1.807) is 0 Å². The van der Waals surface area contributed by atoms with Crippen LogP contribution in [-0.2, 0) is 11.3 Å². The Labute approximate surface area is 127 Å². The Balaban J connectivity index is 1.91. The van der Waals surface area contributed by atoms with E-state index in [1.807, 2.05) is 24.8 Å². The van der Waals surface area contributed by atoms with Crippen molar-refractivity contribution >= 4 is 6.03 Å². The minimum atomic E-state index is -0.0120. The van der Waals surface area contributed by atoms with Gasteiger partial charge in [-0.25, -0.2) is 4.79 Å². The Morgan fingerprint density at radius 3 is 2.95 bits per heavy atom. The van der Waals surface area contributed by atoms with Gasteiger partial charge in [-0.05, 0) is 39.2 Å². The van der Waals surface area contributed by atoms with Crippen molar-refractivity contribution in [3.63, 3.8) is 0 Å². The van der Waals surface area contributed by atoms with Gasteiger partial charge in [0.15, 0.2) is 0 Å². The monoisotopic (exact) mass is 290 g/mol. The first-order chi connectivity index (χ1) is 10.1. The van der Waals surface area contributed by atoms with Gasteiger partial charge in [0, 0.05) is 19.7 Å². The summed E-state index contributed by atoms with van der Waals surface area (Å²) in [6.07, 6.45) is 2.28. The summed E-state index contributed by atoms with van der Waals surface area (Å²) in [5.41, 5.74) is 2.38. The standard InChI is InChI=1S/C17H26N2O2/c1-4-19(12-15-8-5-7-13(2)11-15)17(20)18-14(3)16-9-6-10-21-16/h5,7-8,11,14,16H,4,6,9-10,12H2,1-3H3,(H,18,20). The molecule has 1 aromatic rings. The number of hydrogen-bond donors (Lipinski definition) is 1. The molecule has 0 bridgehead atoms. The number of nitrogens with one attached hydrogen (secondary N) is 1. The summed E-state index contributed by atoms with van der Waals surface area (Å²) in [4.78, 5) is 14.2. The first kappa shape index (κ1) is 15.8. The summed E-state index contributed by atoms with van der Waals surface area (Å²) in [5.74, 6) is 0. The summed E-state index contributed by atoms with van der Waals surface area (Å²) >= 11 is 0. The quantitative estimate of drug-likeness (QED) is 0.905. The fourth-order valence-electron chi connectivity index (χ4n) is 2.73. The summed E-state index contributed by atoms with van der Waals surface area (Å²) in [7, 11) is 0. The Kier molecular flexibility index (Phi) is 5.62. The van der Waals surface area contributed by atoms with Gasteiger partial charge in [-0.3, -0.25) is 0 Å². The Morgan fingerprint density at radius 2 is 2.33 bits per heavy atom. The Bertz CT molecular complexity index is 470. The molecule has 21 heavy (non-hydrogen) atoms. The van der Waals surface area contributed by atoms with Gasteiger partial charge < -0.3 is 15.0 Å². The maximum atomic E-state index is 12.4. The van der Waals surface area contributed by atoms with E-state index >= 15 is 0 Å². The molecule has 1 aliphatic heterocycles. The molecule has 2 rings (SSSR count). The zero-order valence-electron chi connectivity index (χ0n) is 13.3. The number of carbonyl (C=O) groups is 1. The number of nitrogens with zero attached hydrogens (tertiary/aromatic N) is 1. The highest BCUT2D eigenvalue weighted by Gasteiger charge is 2.25. The van der Waals surface area contributed by atoms with Crippen molar-refractivity contribution in [2.45, 2.75) is 52.3 Å². The van der Waals surface area contributed by atoms with E-state index in [-0.39, 0.29) is 18.2 Å². The minimum Gasteiger partial charge on any atom is -0.376 e. The van der Waals surface area contributed by atoms with Crippen molar-refractivity contribution in [2.75, 3.05) is 13.2 Å². The molecule has 0 aliphatic carbocycles. The van der Waals surface area contributed by atoms with Gasteiger partial charge in [-0.1, -0.05) is 29.8 Å². The van der Waals surface area contributed by atoms with Gasteiger partial charge in [0.05, 0.1) is 12.1 Å². The number of hydrogen-bond acceptors (Lipinski definition) is 2. The van der Waals surface area contributed by atoms with E-state index in [9.17, 15) is 4.79 Å². The molecule has 0 radical (unpaired) electrons. The van der Waals surface area contributed by atoms with Crippen molar-refractivity contribution in [3.8, 4) is 0 Å². The predicted molar refractivity (Wildman–Crippen MR) is 84.2 cm³/mol. The molecule has 4 nitrogen and oxygen atoms in total.